The molecule has 1 aromatic heterocycles. The lowest BCUT2D eigenvalue weighted by atomic mass is 9.99. The number of hydrogen-bond acceptors (Lipinski definition) is 3. The number of aryl methyl sites for hydroxylation is 1. The smallest absolute Gasteiger partial charge is 0.166 e. The fourth-order valence-electron chi connectivity index (χ4n) is 2.23. The van der Waals surface area contributed by atoms with Crippen LogP contribution in [0.25, 0.3) is 22.0 Å². The van der Waals surface area contributed by atoms with Gasteiger partial charge in [0.2, 0.25) is 0 Å². The van der Waals surface area contributed by atoms with Gasteiger partial charge in [-0.25, -0.2) is 4.98 Å². The molecule has 90 valence electrons. The summed E-state index contributed by atoms with van der Waals surface area (Å²) in [6.07, 6.45) is 3.16. The summed E-state index contributed by atoms with van der Waals surface area (Å²) >= 11 is 0. The molecule has 0 aliphatic heterocycles. The molecule has 0 aliphatic rings. The lowest BCUT2D eigenvalue weighted by molar-refractivity contribution is 1.16. The molecule has 0 radical (unpaired) electrons. The van der Waals surface area contributed by atoms with Crippen molar-refractivity contribution < 1.29 is 0 Å². The summed E-state index contributed by atoms with van der Waals surface area (Å²) in [5, 5.41) is 11.5. The van der Waals surface area contributed by atoms with Gasteiger partial charge in [-0.1, -0.05) is 30.3 Å². The van der Waals surface area contributed by atoms with Crippen molar-refractivity contribution in [1.29, 1.82) is 5.26 Å². The monoisotopic (exact) mass is 245 g/mol. The second kappa shape index (κ2) is 4.51. The summed E-state index contributed by atoms with van der Waals surface area (Å²) in [6, 6.07) is 14.4. The van der Waals surface area contributed by atoms with Crippen LogP contribution in [0.4, 0.5) is 0 Å². The van der Waals surface area contributed by atoms with Crippen molar-refractivity contribution in [3.8, 4) is 17.3 Å². The van der Waals surface area contributed by atoms with Crippen LogP contribution in [0.2, 0.25) is 0 Å². The number of fused-ring (bicyclic) bond motifs is 1. The average Bonchev–Trinajstić information content (AvgIpc) is 2.46. The van der Waals surface area contributed by atoms with E-state index >= 15 is 0 Å². The molecule has 0 atom stereocenters. The molecule has 0 saturated heterocycles. The molecule has 3 rings (SSSR count). The Bertz CT molecular complexity index is 800. The van der Waals surface area contributed by atoms with Crippen molar-refractivity contribution in [2.45, 2.75) is 6.92 Å². The van der Waals surface area contributed by atoms with Gasteiger partial charge in [0.25, 0.3) is 0 Å². The molecule has 1 heterocycles. The first-order valence-corrected chi connectivity index (χ1v) is 6.00. The van der Waals surface area contributed by atoms with Gasteiger partial charge < -0.3 is 0 Å². The molecule has 0 aliphatic carbocycles. The minimum Gasteiger partial charge on any atom is -0.252 e. The van der Waals surface area contributed by atoms with E-state index in [1.165, 1.54) is 5.39 Å². The first-order chi connectivity index (χ1) is 9.29. The summed E-state index contributed by atoms with van der Waals surface area (Å²) in [5.74, 6) is 0. The molecule has 0 fully saturated rings. The minimum atomic E-state index is 0.362. The molecule has 0 unspecified atom stereocenters. The predicted molar refractivity (Wildman–Crippen MR) is 74.4 cm³/mol. The van der Waals surface area contributed by atoms with E-state index in [-0.39, 0.29) is 0 Å². The lowest BCUT2D eigenvalue weighted by Crippen LogP contribution is -1.94. The molecule has 0 N–H and O–H groups in total. The average molecular weight is 245 g/mol. The van der Waals surface area contributed by atoms with E-state index in [9.17, 15) is 0 Å². The van der Waals surface area contributed by atoms with Crippen LogP contribution in [0.3, 0.4) is 0 Å². The molecular formula is C16H11N3. The topological polar surface area (TPSA) is 49.6 Å². The zero-order valence-corrected chi connectivity index (χ0v) is 10.5. The second-order valence-electron chi connectivity index (χ2n) is 4.38. The number of nitrogens with zero attached hydrogens (tertiary/aromatic N) is 3. The third kappa shape index (κ3) is 1.94. The van der Waals surface area contributed by atoms with Gasteiger partial charge in [0.05, 0.1) is 0 Å². The van der Waals surface area contributed by atoms with E-state index < -0.39 is 0 Å². The van der Waals surface area contributed by atoms with Gasteiger partial charge >= 0.3 is 0 Å². The molecule has 0 saturated carbocycles. The number of hydrogen-bond donors (Lipinski definition) is 0. The molecule has 3 aromatic rings. The van der Waals surface area contributed by atoms with Crippen LogP contribution in [0, 0.1) is 18.3 Å². The number of nitriles is 1. The summed E-state index contributed by atoms with van der Waals surface area (Å²) in [6.45, 7) is 2.03. The Morgan fingerprint density at radius 3 is 2.42 bits per heavy atom. The van der Waals surface area contributed by atoms with Crippen molar-refractivity contribution in [1.82, 2.24) is 9.97 Å². The van der Waals surface area contributed by atoms with Gasteiger partial charge in [-0.15, -0.1) is 0 Å². The van der Waals surface area contributed by atoms with Crippen LogP contribution in [0.1, 0.15) is 11.3 Å². The Kier molecular flexibility index (Phi) is 2.70. The molecule has 19 heavy (non-hydrogen) atoms. The van der Waals surface area contributed by atoms with Crippen LogP contribution >= 0.6 is 0 Å². The fraction of sp³-hybridized carbons (Fsp3) is 0.0625. The normalized spacial score (nSPS) is 10.3. The zero-order valence-electron chi connectivity index (χ0n) is 10.5. The SMILES string of the molecule is Cc1cc2ccccc2cc1-c1nccnc1C#N. The van der Waals surface area contributed by atoms with E-state index in [2.05, 4.69) is 40.3 Å². The fourth-order valence-corrected chi connectivity index (χ4v) is 2.23. The maximum Gasteiger partial charge on any atom is 0.166 e. The predicted octanol–water partition coefficient (Wildman–Crippen LogP) is 3.48. The number of benzene rings is 2. The Hall–Kier alpha value is -2.73. The quantitative estimate of drug-likeness (QED) is 0.659. The van der Waals surface area contributed by atoms with E-state index in [0.29, 0.717) is 11.4 Å². The van der Waals surface area contributed by atoms with Crippen LogP contribution < -0.4 is 0 Å². The van der Waals surface area contributed by atoms with Gasteiger partial charge in [-0.3, -0.25) is 4.98 Å². The van der Waals surface area contributed by atoms with Crippen molar-refractivity contribution >= 4 is 10.8 Å². The molecule has 0 spiro atoms. The first kappa shape index (κ1) is 11.4. The highest BCUT2D eigenvalue weighted by Crippen LogP contribution is 2.28. The summed E-state index contributed by atoms with van der Waals surface area (Å²) in [7, 11) is 0. The number of aromatic nitrogens is 2. The van der Waals surface area contributed by atoms with E-state index in [1.807, 2.05) is 19.1 Å². The van der Waals surface area contributed by atoms with Crippen molar-refractivity contribution in [2.24, 2.45) is 0 Å². The van der Waals surface area contributed by atoms with Crippen molar-refractivity contribution in [3.63, 3.8) is 0 Å². The molecule has 0 amide bonds. The Labute approximate surface area is 111 Å². The zero-order chi connectivity index (χ0) is 13.2. The summed E-state index contributed by atoms with van der Waals surface area (Å²) in [5.41, 5.74) is 3.06. The standard InChI is InChI=1S/C16H11N3/c1-11-8-12-4-2-3-5-13(12)9-14(11)16-15(10-17)18-6-7-19-16/h2-9H,1H3. The van der Waals surface area contributed by atoms with Crippen LogP contribution in [0.5, 0.6) is 0 Å². The molecule has 0 bridgehead atoms. The molecule has 3 nitrogen and oxygen atoms in total. The van der Waals surface area contributed by atoms with E-state index in [0.717, 1.165) is 16.5 Å². The highest BCUT2D eigenvalue weighted by atomic mass is 14.8. The van der Waals surface area contributed by atoms with Crippen LogP contribution in [0.15, 0.2) is 48.8 Å². The van der Waals surface area contributed by atoms with Crippen LogP contribution in [-0.4, -0.2) is 9.97 Å². The first-order valence-electron chi connectivity index (χ1n) is 6.00. The largest absolute Gasteiger partial charge is 0.252 e. The van der Waals surface area contributed by atoms with Crippen molar-refractivity contribution in [2.75, 3.05) is 0 Å². The maximum absolute atomic E-state index is 9.13. The second-order valence-corrected chi connectivity index (χ2v) is 4.38. The minimum absolute atomic E-state index is 0.362. The highest BCUT2D eigenvalue weighted by Gasteiger charge is 2.10. The highest BCUT2D eigenvalue weighted by molar-refractivity contribution is 5.89. The Morgan fingerprint density at radius 2 is 1.68 bits per heavy atom. The van der Waals surface area contributed by atoms with Gasteiger partial charge in [0.1, 0.15) is 11.8 Å². The maximum atomic E-state index is 9.13. The Morgan fingerprint density at radius 1 is 1.00 bits per heavy atom. The lowest BCUT2D eigenvalue weighted by Gasteiger charge is -2.08. The molecular weight excluding hydrogens is 234 g/mol. The molecule has 2 aromatic carbocycles. The summed E-state index contributed by atoms with van der Waals surface area (Å²) < 4.78 is 0. The van der Waals surface area contributed by atoms with Crippen LogP contribution in [-0.2, 0) is 0 Å². The van der Waals surface area contributed by atoms with Gasteiger partial charge in [0.15, 0.2) is 5.69 Å². The molecule has 3 heteroatoms. The summed E-state index contributed by atoms with van der Waals surface area (Å²) in [4.78, 5) is 8.37. The van der Waals surface area contributed by atoms with E-state index in [4.69, 9.17) is 5.26 Å². The van der Waals surface area contributed by atoms with Gasteiger partial charge in [0, 0.05) is 18.0 Å². The number of rotatable bonds is 1. The third-order valence-electron chi connectivity index (χ3n) is 3.15. The van der Waals surface area contributed by atoms with Crippen molar-refractivity contribution in [3.05, 3.63) is 60.0 Å². The van der Waals surface area contributed by atoms with Gasteiger partial charge in [-0.05, 0) is 29.3 Å². The van der Waals surface area contributed by atoms with E-state index in [1.54, 1.807) is 12.4 Å². The third-order valence-corrected chi connectivity index (χ3v) is 3.15. The Balaban J connectivity index is 2.31. The van der Waals surface area contributed by atoms with Gasteiger partial charge in [-0.2, -0.15) is 5.26 Å².